The van der Waals surface area contributed by atoms with Crippen molar-refractivity contribution in [3.8, 4) is 0 Å². The maximum absolute atomic E-state index is 6.33. The summed E-state index contributed by atoms with van der Waals surface area (Å²) in [6, 6.07) is 0.669. The topological polar surface area (TPSA) is 41.7 Å². The van der Waals surface area contributed by atoms with E-state index in [0.29, 0.717) is 12.1 Å². The van der Waals surface area contributed by atoms with Crippen LogP contribution in [0.4, 0.5) is 0 Å². The van der Waals surface area contributed by atoms with Crippen molar-refractivity contribution in [3.63, 3.8) is 0 Å². The third-order valence-electron chi connectivity index (χ3n) is 5.62. The fourth-order valence-corrected chi connectivity index (χ4v) is 4.90. The van der Waals surface area contributed by atoms with Crippen molar-refractivity contribution in [2.45, 2.75) is 69.7 Å². The van der Waals surface area contributed by atoms with Gasteiger partial charge in [-0.3, -0.25) is 9.80 Å². The van der Waals surface area contributed by atoms with Crippen LogP contribution in [0.25, 0.3) is 0 Å². The predicted octanol–water partition coefficient (Wildman–Crippen LogP) is 1.44. The maximum Gasteiger partial charge on any atom is 0.0757 e. The van der Waals surface area contributed by atoms with E-state index in [-0.39, 0.29) is 11.1 Å². The lowest BCUT2D eigenvalue weighted by Crippen LogP contribution is -2.67. The molecule has 0 aromatic carbocycles. The summed E-state index contributed by atoms with van der Waals surface area (Å²) >= 11 is 0. The average Bonchev–Trinajstić information content (AvgIpc) is 2.76. The van der Waals surface area contributed by atoms with E-state index in [1.54, 1.807) is 0 Å². The van der Waals surface area contributed by atoms with Crippen LogP contribution in [0.1, 0.15) is 46.5 Å². The van der Waals surface area contributed by atoms with Crippen molar-refractivity contribution in [2.24, 2.45) is 5.73 Å². The van der Waals surface area contributed by atoms with E-state index in [4.69, 9.17) is 10.5 Å². The van der Waals surface area contributed by atoms with Gasteiger partial charge in [0.25, 0.3) is 0 Å². The van der Waals surface area contributed by atoms with Crippen LogP contribution in [0.2, 0.25) is 0 Å². The second-order valence-corrected chi connectivity index (χ2v) is 7.67. The average molecular weight is 281 g/mol. The second kappa shape index (κ2) is 5.24. The van der Waals surface area contributed by atoms with Gasteiger partial charge < -0.3 is 10.5 Å². The monoisotopic (exact) mass is 281 g/mol. The molecule has 3 rings (SSSR count). The molecule has 3 unspecified atom stereocenters. The highest BCUT2D eigenvalue weighted by Crippen LogP contribution is 2.41. The molecule has 0 spiro atoms. The van der Waals surface area contributed by atoms with Crippen LogP contribution in [0.15, 0.2) is 0 Å². The first-order valence-corrected chi connectivity index (χ1v) is 8.34. The molecule has 0 aliphatic carbocycles. The molecule has 0 bridgehead atoms. The van der Waals surface area contributed by atoms with Crippen molar-refractivity contribution < 1.29 is 4.74 Å². The molecule has 3 aliphatic heterocycles. The summed E-state index contributed by atoms with van der Waals surface area (Å²) < 4.78 is 6.09. The van der Waals surface area contributed by atoms with Gasteiger partial charge in [-0.2, -0.15) is 0 Å². The first-order valence-electron chi connectivity index (χ1n) is 8.34. The number of piperidine rings is 1. The normalized spacial score (nSPS) is 42.6. The Bertz CT molecular complexity index is 360. The number of hydrogen-bond donors (Lipinski definition) is 1. The summed E-state index contributed by atoms with van der Waals surface area (Å²) in [5.41, 5.74) is 6.47. The summed E-state index contributed by atoms with van der Waals surface area (Å²) in [4.78, 5) is 5.38. The minimum Gasteiger partial charge on any atom is -0.370 e. The molecule has 4 heteroatoms. The number of morpholine rings is 1. The van der Waals surface area contributed by atoms with Gasteiger partial charge >= 0.3 is 0 Å². The molecule has 3 fully saturated rings. The highest BCUT2D eigenvalue weighted by molar-refractivity contribution is 5.10. The van der Waals surface area contributed by atoms with E-state index in [0.717, 1.165) is 19.6 Å². The Morgan fingerprint density at radius 1 is 1.25 bits per heavy atom. The minimum atomic E-state index is -0.0536. The molecule has 0 saturated carbocycles. The van der Waals surface area contributed by atoms with E-state index in [9.17, 15) is 0 Å². The van der Waals surface area contributed by atoms with E-state index in [2.05, 4.69) is 30.6 Å². The van der Waals surface area contributed by atoms with Crippen molar-refractivity contribution in [3.05, 3.63) is 0 Å². The Labute approximate surface area is 123 Å². The Morgan fingerprint density at radius 2 is 2.05 bits per heavy atom. The molecule has 0 aromatic rings. The molecule has 3 atom stereocenters. The van der Waals surface area contributed by atoms with Gasteiger partial charge in [-0.1, -0.05) is 6.42 Å². The van der Waals surface area contributed by atoms with Gasteiger partial charge in [-0.25, -0.2) is 0 Å². The van der Waals surface area contributed by atoms with Crippen molar-refractivity contribution in [1.29, 1.82) is 0 Å². The molecule has 3 heterocycles. The van der Waals surface area contributed by atoms with E-state index in [1.807, 2.05) is 0 Å². The maximum atomic E-state index is 6.33. The summed E-state index contributed by atoms with van der Waals surface area (Å²) in [5, 5.41) is 0. The van der Waals surface area contributed by atoms with Gasteiger partial charge in [0.1, 0.15) is 0 Å². The Morgan fingerprint density at radius 3 is 2.75 bits per heavy atom. The predicted molar refractivity (Wildman–Crippen MR) is 81.8 cm³/mol. The third kappa shape index (κ3) is 2.41. The lowest BCUT2D eigenvalue weighted by molar-refractivity contribution is -0.157. The number of hydrogen-bond acceptors (Lipinski definition) is 4. The van der Waals surface area contributed by atoms with E-state index < -0.39 is 0 Å². The number of nitrogens with two attached hydrogens (primary N) is 1. The third-order valence-corrected chi connectivity index (χ3v) is 5.62. The van der Waals surface area contributed by atoms with Crippen molar-refractivity contribution in [1.82, 2.24) is 9.80 Å². The van der Waals surface area contributed by atoms with Crippen LogP contribution < -0.4 is 5.73 Å². The molecule has 3 saturated heterocycles. The Kier molecular flexibility index (Phi) is 3.87. The van der Waals surface area contributed by atoms with Gasteiger partial charge in [0, 0.05) is 32.2 Å². The molecular weight excluding hydrogens is 250 g/mol. The summed E-state index contributed by atoms with van der Waals surface area (Å²) in [6.07, 6.45) is 5.59. The minimum absolute atomic E-state index is 0.0536. The first kappa shape index (κ1) is 14.8. The van der Waals surface area contributed by atoms with Crippen LogP contribution in [0.3, 0.4) is 0 Å². The lowest BCUT2D eigenvalue weighted by Gasteiger charge is -2.53. The largest absolute Gasteiger partial charge is 0.370 e. The Hall–Kier alpha value is -0.160. The highest BCUT2D eigenvalue weighted by Gasteiger charge is 2.52. The fourth-order valence-electron chi connectivity index (χ4n) is 4.90. The SMILES string of the molecule is CC1CN(C2(CN)CCN3CCCCC32)CC(C)(C)O1. The van der Waals surface area contributed by atoms with Gasteiger partial charge in [0.2, 0.25) is 0 Å². The molecule has 0 aromatic heterocycles. The van der Waals surface area contributed by atoms with Crippen molar-refractivity contribution >= 4 is 0 Å². The molecule has 20 heavy (non-hydrogen) atoms. The molecule has 0 radical (unpaired) electrons. The molecule has 116 valence electrons. The van der Waals surface area contributed by atoms with Crippen LogP contribution in [0, 0.1) is 0 Å². The van der Waals surface area contributed by atoms with Crippen LogP contribution in [-0.4, -0.2) is 65.8 Å². The quantitative estimate of drug-likeness (QED) is 0.832. The molecular formula is C16H31N3O. The van der Waals surface area contributed by atoms with Crippen molar-refractivity contribution in [2.75, 3.05) is 32.7 Å². The number of nitrogens with zero attached hydrogens (tertiary/aromatic N) is 2. The zero-order valence-corrected chi connectivity index (χ0v) is 13.4. The zero-order valence-electron chi connectivity index (χ0n) is 13.4. The lowest BCUT2D eigenvalue weighted by atomic mass is 9.82. The van der Waals surface area contributed by atoms with E-state index in [1.165, 1.54) is 38.8 Å². The van der Waals surface area contributed by atoms with Crippen LogP contribution >= 0.6 is 0 Å². The molecule has 0 amide bonds. The zero-order chi connectivity index (χ0) is 14.4. The smallest absolute Gasteiger partial charge is 0.0757 e. The number of fused-ring (bicyclic) bond motifs is 1. The number of ether oxygens (including phenoxy) is 1. The molecule has 4 nitrogen and oxygen atoms in total. The van der Waals surface area contributed by atoms with Gasteiger partial charge in [-0.05, 0) is 46.6 Å². The molecule has 3 aliphatic rings. The standard InChI is InChI=1S/C16H31N3O/c1-13-10-19(12-15(2,3)20-13)16(11-17)7-9-18-8-5-4-6-14(16)18/h13-14H,4-12,17H2,1-3H3. The van der Waals surface area contributed by atoms with Gasteiger partial charge in [0.15, 0.2) is 0 Å². The van der Waals surface area contributed by atoms with Gasteiger partial charge in [-0.15, -0.1) is 0 Å². The van der Waals surface area contributed by atoms with Gasteiger partial charge in [0.05, 0.1) is 17.2 Å². The second-order valence-electron chi connectivity index (χ2n) is 7.67. The highest BCUT2D eigenvalue weighted by atomic mass is 16.5. The first-order chi connectivity index (χ1) is 9.47. The van der Waals surface area contributed by atoms with Crippen LogP contribution in [-0.2, 0) is 4.74 Å². The summed E-state index contributed by atoms with van der Waals surface area (Å²) in [5.74, 6) is 0. The van der Waals surface area contributed by atoms with Crippen LogP contribution in [0.5, 0.6) is 0 Å². The Balaban J connectivity index is 1.85. The summed E-state index contributed by atoms with van der Waals surface area (Å²) in [6.45, 7) is 12.0. The summed E-state index contributed by atoms with van der Waals surface area (Å²) in [7, 11) is 0. The van der Waals surface area contributed by atoms with E-state index >= 15 is 0 Å². The fraction of sp³-hybridized carbons (Fsp3) is 1.00. The molecule has 2 N–H and O–H groups in total. The number of rotatable bonds is 2.